The fourth-order valence-electron chi connectivity index (χ4n) is 0.846. The minimum absolute atomic E-state index is 0.229. The third-order valence-electron chi connectivity index (χ3n) is 1.38. The van der Waals surface area contributed by atoms with Crippen molar-refractivity contribution in [2.45, 2.75) is 0 Å². The van der Waals surface area contributed by atoms with Gasteiger partial charge in [-0.25, -0.2) is 0 Å². The van der Waals surface area contributed by atoms with Crippen LogP contribution < -0.4 is 9.47 Å². The highest BCUT2D eigenvalue weighted by atomic mass is 16.5. The van der Waals surface area contributed by atoms with Gasteiger partial charge in [-0.1, -0.05) is 11.8 Å². The van der Waals surface area contributed by atoms with Crippen molar-refractivity contribution in [2.24, 2.45) is 0 Å². The molecule has 0 heterocycles. The molecule has 1 aromatic carbocycles. The van der Waals surface area contributed by atoms with Crippen LogP contribution in [-0.2, 0) is 0 Å². The Morgan fingerprint density at radius 2 is 1.57 bits per heavy atom. The Morgan fingerprint density at radius 3 is 2.00 bits per heavy atom. The molecule has 0 saturated heterocycles. The smallest absolute Gasteiger partial charge is 0.148 e. The summed E-state index contributed by atoms with van der Waals surface area (Å²) in [7, 11) is 0. The minimum Gasteiger partial charge on any atom is -0.481 e. The first kappa shape index (κ1) is 10.0. The highest BCUT2D eigenvalue weighted by Gasteiger charge is 1.96. The normalized spacial score (nSPS) is 8.43. The van der Waals surface area contributed by atoms with E-state index in [9.17, 15) is 0 Å². The molecule has 1 radical (unpaired) electrons. The molecule has 0 aliphatic rings. The minimum atomic E-state index is 0.229. The number of rotatable bonds is 4. The Morgan fingerprint density at radius 1 is 1.07 bits per heavy atom. The van der Waals surface area contributed by atoms with E-state index in [0.29, 0.717) is 11.5 Å². The Bertz CT molecular complexity index is 335. The monoisotopic (exact) mass is 185 g/mol. The molecule has 69 valence electrons. The van der Waals surface area contributed by atoms with E-state index >= 15 is 0 Å². The van der Waals surface area contributed by atoms with E-state index < -0.39 is 0 Å². The molecule has 0 unspecified atom stereocenters. The molecule has 0 aliphatic heterocycles. The summed E-state index contributed by atoms with van der Waals surface area (Å²) >= 11 is 0. The summed E-state index contributed by atoms with van der Waals surface area (Å²) in [6.07, 6.45) is 10.1. The maximum absolute atomic E-state index is 5.18. The van der Waals surface area contributed by atoms with Gasteiger partial charge in [0, 0.05) is 6.07 Å². The van der Waals surface area contributed by atoms with Crippen molar-refractivity contribution in [3.05, 3.63) is 24.3 Å². The number of terminal acetylenes is 2. The number of hydrogen-bond acceptors (Lipinski definition) is 2. The van der Waals surface area contributed by atoms with Crippen LogP contribution in [-0.4, -0.2) is 13.2 Å². The summed E-state index contributed by atoms with van der Waals surface area (Å²) < 4.78 is 10.4. The van der Waals surface area contributed by atoms with E-state index in [-0.39, 0.29) is 13.2 Å². The van der Waals surface area contributed by atoms with Gasteiger partial charge in [0.2, 0.25) is 0 Å². The van der Waals surface area contributed by atoms with E-state index in [4.69, 9.17) is 22.3 Å². The average molecular weight is 185 g/mol. The van der Waals surface area contributed by atoms with Gasteiger partial charge < -0.3 is 9.47 Å². The lowest BCUT2D eigenvalue weighted by molar-refractivity contribution is 0.351. The van der Waals surface area contributed by atoms with Gasteiger partial charge in [0.1, 0.15) is 24.7 Å². The maximum Gasteiger partial charge on any atom is 0.148 e. The van der Waals surface area contributed by atoms with Gasteiger partial charge in [0.05, 0.1) is 0 Å². The Labute approximate surface area is 83.8 Å². The number of ether oxygens (including phenoxy) is 2. The summed E-state index contributed by atoms with van der Waals surface area (Å²) in [6.45, 7) is 0.457. The predicted molar refractivity (Wildman–Crippen MR) is 53.9 cm³/mol. The van der Waals surface area contributed by atoms with E-state index in [2.05, 4.69) is 17.9 Å². The molecular weight excluding hydrogens is 176 g/mol. The van der Waals surface area contributed by atoms with Crippen molar-refractivity contribution in [2.75, 3.05) is 13.2 Å². The van der Waals surface area contributed by atoms with Crippen LogP contribution in [0.15, 0.2) is 18.2 Å². The molecule has 2 nitrogen and oxygen atoms in total. The maximum atomic E-state index is 5.18. The first-order chi connectivity index (χ1) is 6.86. The second kappa shape index (κ2) is 5.56. The molecule has 0 N–H and O–H groups in total. The van der Waals surface area contributed by atoms with Crippen LogP contribution in [0, 0.1) is 30.8 Å². The largest absolute Gasteiger partial charge is 0.481 e. The first-order valence-corrected chi connectivity index (χ1v) is 4.00. The van der Waals surface area contributed by atoms with Gasteiger partial charge >= 0.3 is 0 Å². The molecule has 0 aromatic heterocycles. The average Bonchev–Trinajstić information content (AvgIpc) is 2.24. The molecule has 0 aliphatic carbocycles. The third kappa shape index (κ3) is 3.13. The van der Waals surface area contributed by atoms with Crippen molar-refractivity contribution in [3.63, 3.8) is 0 Å². The highest BCUT2D eigenvalue weighted by Crippen LogP contribution is 2.18. The van der Waals surface area contributed by atoms with Gasteiger partial charge in [0.25, 0.3) is 0 Å². The van der Waals surface area contributed by atoms with Crippen molar-refractivity contribution in [1.29, 1.82) is 0 Å². The molecule has 0 amide bonds. The third-order valence-corrected chi connectivity index (χ3v) is 1.38. The van der Waals surface area contributed by atoms with Gasteiger partial charge in [-0.2, -0.15) is 0 Å². The van der Waals surface area contributed by atoms with Crippen LogP contribution in [0.4, 0.5) is 0 Å². The Balaban J connectivity index is 2.61. The summed E-state index contributed by atoms with van der Waals surface area (Å²) in [5.74, 6) is 5.98. The predicted octanol–water partition coefficient (Wildman–Crippen LogP) is 1.51. The van der Waals surface area contributed by atoms with Crippen LogP contribution in [0.2, 0.25) is 0 Å². The second-order valence-corrected chi connectivity index (χ2v) is 2.39. The zero-order chi connectivity index (χ0) is 10.2. The van der Waals surface area contributed by atoms with Crippen LogP contribution in [0.1, 0.15) is 0 Å². The molecule has 0 fully saturated rings. The standard InChI is InChI=1S/C12H9O2/c1-3-8-13-11-6-5-7-12(10-11)14-9-4-2/h1-2,6-7,10H,8-9H2. The fraction of sp³-hybridized carbons (Fsp3) is 0.167. The summed E-state index contributed by atoms with van der Waals surface area (Å²) in [5, 5.41) is 0. The van der Waals surface area contributed by atoms with Gasteiger partial charge in [-0.15, -0.1) is 12.8 Å². The first-order valence-electron chi connectivity index (χ1n) is 4.00. The van der Waals surface area contributed by atoms with Gasteiger partial charge in [-0.3, -0.25) is 0 Å². The van der Waals surface area contributed by atoms with Crippen molar-refractivity contribution in [1.82, 2.24) is 0 Å². The molecular formula is C12H9O2. The van der Waals surface area contributed by atoms with Crippen LogP contribution in [0.5, 0.6) is 11.5 Å². The summed E-state index contributed by atoms with van der Waals surface area (Å²) in [6, 6.07) is 7.93. The summed E-state index contributed by atoms with van der Waals surface area (Å²) in [4.78, 5) is 0. The zero-order valence-corrected chi connectivity index (χ0v) is 7.62. The number of benzene rings is 1. The Hall–Kier alpha value is -2.06. The van der Waals surface area contributed by atoms with Crippen LogP contribution >= 0.6 is 0 Å². The highest BCUT2D eigenvalue weighted by molar-refractivity contribution is 5.32. The van der Waals surface area contributed by atoms with E-state index in [0.717, 1.165) is 0 Å². The molecule has 2 heteroatoms. The van der Waals surface area contributed by atoms with Gasteiger partial charge in [-0.05, 0) is 18.2 Å². The van der Waals surface area contributed by atoms with E-state index in [1.54, 1.807) is 18.2 Å². The lowest BCUT2D eigenvalue weighted by Gasteiger charge is -2.05. The van der Waals surface area contributed by atoms with Gasteiger partial charge in [0.15, 0.2) is 0 Å². The molecule has 14 heavy (non-hydrogen) atoms. The van der Waals surface area contributed by atoms with Crippen molar-refractivity contribution < 1.29 is 9.47 Å². The Kier molecular flexibility index (Phi) is 3.98. The van der Waals surface area contributed by atoms with Crippen LogP contribution in [0.25, 0.3) is 0 Å². The molecule has 1 aromatic rings. The molecule has 1 rings (SSSR count). The lowest BCUT2D eigenvalue weighted by Crippen LogP contribution is -1.96. The van der Waals surface area contributed by atoms with Crippen LogP contribution in [0.3, 0.4) is 0 Å². The topological polar surface area (TPSA) is 18.5 Å². The second-order valence-electron chi connectivity index (χ2n) is 2.39. The lowest BCUT2D eigenvalue weighted by atomic mass is 10.3. The zero-order valence-electron chi connectivity index (χ0n) is 7.62. The van der Waals surface area contributed by atoms with Crippen molar-refractivity contribution in [3.8, 4) is 36.2 Å². The molecule has 0 spiro atoms. The molecule has 0 bridgehead atoms. The molecule has 0 saturated carbocycles. The number of hydrogen-bond donors (Lipinski definition) is 0. The fourth-order valence-corrected chi connectivity index (χ4v) is 0.846. The SMILES string of the molecule is C#CCOc1c[c]cc(OCC#C)c1. The van der Waals surface area contributed by atoms with E-state index in [1.807, 2.05) is 0 Å². The summed E-state index contributed by atoms with van der Waals surface area (Å²) in [5.41, 5.74) is 0. The quantitative estimate of drug-likeness (QED) is 0.662. The van der Waals surface area contributed by atoms with E-state index in [1.165, 1.54) is 0 Å². The molecule has 0 atom stereocenters. The van der Waals surface area contributed by atoms with Crippen molar-refractivity contribution >= 4 is 0 Å².